The molecular weight excluding hydrogens is 258 g/mol. The summed E-state index contributed by atoms with van der Waals surface area (Å²) in [5.74, 6) is 0. The number of benzene rings is 1. The first kappa shape index (κ1) is 14.5. The van der Waals surface area contributed by atoms with Crippen LogP contribution >= 0.6 is 0 Å². The van der Waals surface area contributed by atoms with Gasteiger partial charge < -0.3 is 0 Å². The first-order valence-corrected chi connectivity index (χ1v) is 8.78. The highest BCUT2D eigenvalue weighted by atomic mass is 32.2. The van der Waals surface area contributed by atoms with Crippen LogP contribution in [0.1, 0.15) is 29.5 Å². The van der Waals surface area contributed by atoms with Crippen LogP contribution in [0.5, 0.6) is 0 Å². The molecule has 1 aromatic rings. The van der Waals surface area contributed by atoms with Gasteiger partial charge in [-0.15, -0.1) is 0 Å². The number of hydrogen-bond donors (Lipinski definition) is 0. The predicted molar refractivity (Wildman–Crippen MR) is 79.1 cm³/mol. The van der Waals surface area contributed by atoms with Crippen LogP contribution in [0.3, 0.4) is 0 Å². The normalized spacial score (nSPS) is 18.7. The number of piperidine rings is 1. The molecule has 1 aliphatic rings. The van der Waals surface area contributed by atoms with E-state index in [0.717, 1.165) is 32.5 Å². The van der Waals surface area contributed by atoms with Gasteiger partial charge in [-0.1, -0.05) is 29.3 Å². The van der Waals surface area contributed by atoms with E-state index < -0.39 is 9.84 Å². The van der Waals surface area contributed by atoms with Gasteiger partial charge in [0.2, 0.25) is 0 Å². The molecule has 1 aromatic carbocycles. The van der Waals surface area contributed by atoms with Crippen molar-refractivity contribution in [1.82, 2.24) is 4.90 Å². The summed E-state index contributed by atoms with van der Waals surface area (Å²) < 4.78 is 23.0. The van der Waals surface area contributed by atoms with E-state index in [0.29, 0.717) is 0 Å². The Morgan fingerprint density at radius 1 is 1.11 bits per heavy atom. The van der Waals surface area contributed by atoms with Gasteiger partial charge in [0, 0.05) is 12.8 Å². The summed E-state index contributed by atoms with van der Waals surface area (Å²) in [4.78, 5) is 2.36. The number of hydrogen-bond acceptors (Lipinski definition) is 3. The minimum atomic E-state index is -2.86. The third kappa shape index (κ3) is 4.05. The number of aryl methyl sites for hydroxylation is 2. The van der Waals surface area contributed by atoms with Gasteiger partial charge in [-0.05, 0) is 45.3 Å². The predicted octanol–water partition coefficient (Wildman–Crippen LogP) is 2.31. The van der Waals surface area contributed by atoms with Gasteiger partial charge in [0.25, 0.3) is 0 Å². The molecule has 106 valence electrons. The van der Waals surface area contributed by atoms with Gasteiger partial charge in [0.1, 0.15) is 9.84 Å². The maximum atomic E-state index is 11.5. The fraction of sp³-hybridized carbons (Fsp3) is 0.600. The molecule has 0 saturated carbocycles. The molecule has 1 fully saturated rings. The minimum absolute atomic E-state index is 0.136. The first-order valence-electron chi connectivity index (χ1n) is 6.83. The molecular formula is C15H23NO2S. The van der Waals surface area contributed by atoms with Gasteiger partial charge in [-0.3, -0.25) is 4.90 Å². The zero-order chi connectivity index (χ0) is 14.0. The van der Waals surface area contributed by atoms with Crippen molar-refractivity contribution >= 4 is 9.84 Å². The molecule has 0 N–H and O–H groups in total. The zero-order valence-corrected chi connectivity index (χ0v) is 12.8. The van der Waals surface area contributed by atoms with E-state index in [-0.39, 0.29) is 5.25 Å². The van der Waals surface area contributed by atoms with Gasteiger partial charge in [0.05, 0.1) is 5.25 Å². The Hall–Kier alpha value is -0.870. The summed E-state index contributed by atoms with van der Waals surface area (Å²) >= 11 is 0. The Morgan fingerprint density at radius 2 is 1.63 bits per heavy atom. The van der Waals surface area contributed by atoms with Crippen LogP contribution in [0.15, 0.2) is 18.2 Å². The van der Waals surface area contributed by atoms with E-state index >= 15 is 0 Å². The number of sulfone groups is 1. The second kappa shape index (κ2) is 5.63. The molecule has 0 atom stereocenters. The lowest BCUT2D eigenvalue weighted by Crippen LogP contribution is -2.38. The molecule has 0 unspecified atom stereocenters. The molecule has 19 heavy (non-hydrogen) atoms. The molecule has 0 aliphatic carbocycles. The summed E-state index contributed by atoms with van der Waals surface area (Å²) in [6, 6.07) is 6.62. The largest absolute Gasteiger partial charge is 0.299 e. The molecule has 3 nitrogen and oxygen atoms in total. The van der Waals surface area contributed by atoms with E-state index in [9.17, 15) is 8.42 Å². The smallest absolute Gasteiger partial charge is 0.150 e. The summed E-state index contributed by atoms with van der Waals surface area (Å²) in [6.07, 6.45) is 2.89. The fourth-order valence-corrected chi connectivity index (χ4v) is 3.98. The molecule has 0 radical (unpaired) electrons. The van der Waals surface area contributed by atoms with Crippen LogP contribution in [0.2, 0.25) is 0 Å². The maximum absolute atomic E-state index is 11.5. The lowest BCUT2D eigenvalue weighted by atomic mass is 10.1. The monoisotopic (exact) mass is 281 g/mol. The lowest BCUT2D eigenvalue weighted by molar-refractivity contribution is 0.222. The molecule has 0 aromatic heterocycles. The lowest BCUT2D eigenvalue weighted by Gasteiger charge is -2.31. The Morgan fingerprint density at radius 3 is 2.11 bits per heavy atom. The van der Waals surface area contributed by atoms with Crippen LogP contribution in [-0.4, -0.2) is 37.9 Å². The van der Waals surface area contributed by atoms with E-state index in [1.165, 1.54) is 22.9 Å². The standard InChI is InChI=1S/C15H23NO2S/c1-12-8-13(2)10-14(9-12)11-16-6-4-15(5-7-16)19(3,17)18/h8-10,15H,4-7,11H2,1-3H3. The van der Waals surface area contributed by atoms with Crippen molar-refractivity contribution in [3.05, 3.63) is 34.9 Å². The topological polar surface area (TPSA) is 37.4 Å². The average Bonchev–Trinajstić information content (AvgIpc) is 2.26. The Bertz CT molecular complexity index is 523. The molecule has 0 bridgehead atoms. The Balaban J connectivity index is 1.96. The molecule has 0 amide bonds. The van der Waals surface area contributed by atoms with Crippen molar-refractivity contribution in [2.45, 2.75) is 38.5 Å². The highest BCUT2D eigenvalue weighted by molar-refractivity contribution is 7.91. The molecule has 1 heterocycles. The first-order chi connectivity index (χ1) is 8.84. The van der Waals surface area contributed by atoms with Crippen molar-refractivity contribution in [1.29, 1.82) is 0 Å². The summed E-state index contributed by atoms with van der Waals surface area (Å²) in [5, 5.41) is -0.136. The van der Waals surface area contributed by atoms with Crippen LogP contribution in [0.4, 0.5) is 0 Å². The van der Waals surface area contributed by atoms with E-state index in [1.807, 2.05) is 0 Å². The third-order valence-electron chi connectivity index (χ3n) is 3.83. The summed E-state index contributed by atoms with van der Waals surface area (Å²) in [6.45, 7) is 6.92. The molecule has 4 heteroatoms. The van der Waals surface area contributed by atoms with E-state index in [1.54, 1.807) is 0 Å². The number of likely N-dealkylation sites (tertiary alicyclic amines) is 1. The van der Waals surface area contributed by atoms with Gasteiger partial charge in [-0.25, -0.2) is 8.42 Å². The van der Waals surface area contributed by atoms with Crippen LogP contribution < -0.4 is 0 Å². The van der Waals surface area contributed by atoms with Crippen LogP contribution in [0, 0.1) is 13.8 Å². The fourth-order valence-electron chi connectivity index (χ4n) is 2.91. The Labute approximate surface area is 116 Å². The van der Waals surface area contributed by atoms with E-state index in [2.05, 4.69) is 36.9 Å². The van der Waals surface area contributed by atoms with Gasteiger partial charge in [0.15, 0.2) is 0 Å². The zero-order valence-electron chi connectivity index (χ0n) is 12.0. The molecule has 1 aliphatic heterocycles. The SMILES string of the molecule is Cc1cc(C)cc(CN2CCC(S(C)(=O)=O)CC2)c1. The number of rotatable bonds is 3. The second-order valence-corrected chi connectivity index (χ2v) is 8.13. The van der Waals surface area contributed by atoms with Crippen molar-refractivity contribution in [2.75, 3.05) is 19.3 Å². The highest BCUT2D eigenvalue weighted by Crippen LogP contribution is 2.19. The van der Waals surface area contributed by atoms with Crippen molar-refractivity contribution in [3.63, 3.8) is 0 Å². The molecule has 2 rings (SSSR count). The third-order valence-corrected chi connectivity index (χ3v) is 5.51. The van der Waals surface area contributed by atoms with E-state index in [4.69, 9.17) is 0 Å². The average molecular weight is 281 g/mol. The van der Waals surface area contributed by atoms with Crippen LogP contribution in [-0.2, 0) is 16.4 Å². The second-order valence-electron chi connectivity index (χ2n) is 5.80. The van der Waals surface area contributed by atoms with Crippen LogP contribution in [0.25, 0.3) is 0 Å². The van der Waals surface area contributed by atoms with Gasteiger partial charge in [-0.2, -0.15) is 0 Å². The molecule has 1 saturated heterocycles. The van der Waals surface area contributed by atoms with Crippen molar-refractivity contribution in [3.8, 4) is 0 Å². The number of nitrogens with zero attached hydrogens (tertiary/aromatic N) is 1. The summed E-state index contributed by atoms with van der Waals surface area (Å²) in [7, 11) is -2.86. The Kier molecular flexibility index (Phi) is 4.31. The molecule has 0 spiro atoms. The highest BCUT2D eigenvalue weighted by Gasteiger charge is 2.26. The van der Waals surface area contributed by atoms with Crippen molar-refractivity contribution in [2.24, 2.45) is 0 Å². The summed E-state index contributed by atoms with van der Waals surface area (Å²) in [5.41, 5.74) is 3.91. The minimum Gasteiger partial charge on any atom is -0.299 e. The van der Waals surface area contributed by atoms with Crippen molar-refractivity contribution < 1.29 is 8.42 Å². The van der Waals surface area contributed by atoms with Gasteiger partial charge >= 0.3 is 0 Å². The quantitative estimate of drug-likeness (QED) is 0.853. The maximum Gasteiger partial charge on any atom is 0.150 e.